The minimum Gasteiger partial charge on any atom is -0.461 e. The van der Waals surface area contributed by atoms with Crippen molar-refractivity contribution in [1.29, 1.82) is 0 Å². The second kappa shape index (κ2) is 7.87. The first-order chi connectivity index (χ1) is 12.8. The molecule has 0 unspecified atom stereocenters. The van der Waals surface area contributed by atoms with Crippen LogP contribution >= 0.6 is 11.8 Å². The van der Waals surface area contributed by atoms with Gasteiger partial charge in [0.15, 0.2) is 16.7 Å². The lowest BCUT2D eigenvalue weighted by Crippen LogP contribution is -2.15. The van der Waals surface area contributed by atoms with Crippen LogP contribution in [-0.2, 0) is 23.3 Å². The first-order valence-electron chi connectivity index (χ1n) is 7.89. The Morgan fingerprint density at radius 1 is 1.19 bits per heavy atom. The summed E-state index contributed by atoms with van der Waals surface area (Å²) in [6, 6.07) is 8.36. The van der Waals surface area contributed by atoms with Crippen LogP contribution in [0.15, 0.2) is 52.2 Å². The molecule has 27 heavy (non-hydrogen) atoms. The van der Waals surface area contributed by atoms with E-state index in [1.165, 1.54) is 30.2 Å². The van der Waals surface area contributed by atoms with Gasteiger partial charge in [-0.2, -0.15) is 13.2 Å². The van der Waals surface area contributed by atoms with Crippen LogP contribution in [0.5, 0.6) is 0 Å². The molecule has 0 fully saturated rings. The smallest absolute Gasteiger partial charge is 0.416 e. The van der Waals surface area contributed by atoms with Gasteiger partial charge < -0.3 is 10.2 Å². The molecule has 1 amide bonds. The van der Waals surface area contributed by atoms with Gasteiger partial charge in [-0.15, -0.1) is 10.2 Å². The maximum atomic E-state index is 12.6. The van der Waals surface area contributed by atoms with E-state index in [-0.39, 0.29) is 13.0 Å². The van der Waals surface area contributed by atoms with Crippen LogP contribution in [0, 0.1) is 0 Å². The molecule has 0 aliphatic heterocycles. The second-order valence-electron chi connectivity index (χ2n) is 5.63. The summed E-state index contributed by atoms with van der Waals surface area (Å²) in [5, 5.41) is 8.71. The Labute approximate surface area is 156 Å². The van der Waals surface area contributed by atoms with Gasteiger partial charge in [-0.05, 0) is 29.8 Å². The lowest BCUT2D eigenvalue weighted by atomic mass is 10.1. The van der Waals surface area contributed by atoms with Crippen molar-refractivity contribution in [2.24, 2.45) is 5.73 Å². The van der Waals surface area contributed by atoms with Crippen LogP contribution in [0.3, 0.4) is 0 Å². The summed E-state index contributed by atoms with van der Waals surface area (Å²) in [7, 11) is 0. The van der Waals surface area contributed by atoms with E-state index in [2.05, 4.69) is 10.2 Å². The van der Waals surface area contributed by atoms with Crippen molar-refractivity contribution in [1.82, 2.24) is 14.8 Å². The third-order valence-corrected chi connectivity index (χ3v) is 4.73. The Hall–Kier alpha value is -2.75. The number of nitrogens with zero attached hydrogens (tertiary/aromatic N) is 3. The minimum atomic E-state index is -4.36. The molecule has 142 valence electrons. The Morgan fingerprint density at radius 3 is 2.52 bits per heavy atom. The van der Waals surface area contributed by atoms with Gasteiger partial charge in [0.25, 0.3) is 0 Å². The van der Waals surface area contributed by atoms with Gasteiger partial charge in [-0.1, -0.05) is 23.9 Å². The van der Waals surface area contributed by atoms with Gasteiger partial charge in [-0.3, -0.25) is 9.36 Å². The SMILES string of the molecule is NC(=O)CCn1c(SCc2ccc(C(F)(F)F)cc2)nnc1-c1ccco1. The molecule has 0 saturated carbocycles. The van der Waals surface area contributed by atoms with Crippen LogP contribution in [0.2, 0.25) is 0 Å². The van der Waals surface area contributed by atoms with Crippen LogP contribution in [0.25, 0.3) is 11.6 Å². The summed E-state index contributed by atoms with van der Waals surface area (Å²) in [5.41, 5.74) is 5.24. The number of nitrogens with two attached hydrogens (primary N) is 1. The maximum Gasteiger partial charge on any atom is 0.416 e. The van der Waals surface area contributed by atoms with Crippen molar-refractivity contribution in [2.45, 2.75) is 30.1 Å². The number of thioether (sulfide) groups is 1. The number of amides is 1. The van der Waals surface area contributed by atoms with E-state index < -0.39 is 17.6 Å². The fourth-order valence-corrected chi connectivity index (χ4v) is 3.27. The summed E-state index contributed by atoms with van der Waals surface area (Å²) >= 11 is 1.30. The Kier molecular flexibility index (Phi) is 5.54. The predicted octanol–water partition coefficient (Wildman–Crippen LogP) is 3.72. The van der Waals surface area contributed by atoms with Gasteiger partial charge in [0.05, 0.1) is 11.8 Å². The molecule has 0 radical (unpaired) electrons. The van der Waals surface area contributed by atoms with Gasteiger partial charge in [0.2, 0.25) is 5.91 Å². The molecule has 1 aromatic carbocycles. The van der Waals surface area contributed by atoms with E-state index >= 15 is 0 Å². The van der Waals surface area contributed by atoms with Crippen molar-refractivity contribution in [3.63, 3.8) is 0 Å². The number of carbonyl (C=O) groups is 1. The topological polar surface area (TPSA) is 86.9 Å². The molecular formula is C17H15F3N4O2S. The van der Waals surface area contributed by atoms with E-state index in [9.17, 15) is 18.0 Å². The lowest BCUT2D eigenvalue weighted by molar-refractivity contribution is -0.137. The van der Waals surface area contributed by atoms with E-state index in [0.29, 0.717) is 28.1 Å². The first-order valence-corrected chi connectivity index (χ1v) is 8.87. The van der Waals surface area contributed by atoms with Crippen LogP contribution < -0.4 is 5.73 Å². The number of carbonyl (C=O) groups excluding carboxylic acids is 1. The first kappa shape index (κ1) is 19.0. The highest BCUT2D eigenvalue weighted by Gasteiger charge is 2.29. The average molecular weight is 396 g/mol. The fourth-order valence-electron chi connectivity index (χ4n) is 2.34. The van der Waals surface area contributed by atoms with Crippen LogP contribution in [-0.4, -0.2) is 20.7 Å². The number of furan rings is 1. The Balaban J connectivity index is 1.77. The van der Waals surface area contributed by atoms with Crippen LogP contribution in [0.1, 0.15) is 17.5 Å². The third kappa shape index (κ3) is 4.70. The number of hydrogen-bond acceptors (Lipinski definition) is 5. The highest BCUT2D eigenvalue weighted by atomic mass is 32.2. The molecule has 0 spiro atoms. The number of aromatic nitrogens is 3. The van der Waals surface area contributed by atoms with E-state index in [4.69, 9.17) is 10.2 Å². The largest absolute Gasteiger partial charge is 0.461 e. The minimum absolute atomic E-state index is 0.0968. The molecule has 0 atom stereocenters. The van der Waals surface area contributed by atoms with E-state index in [0.717, 1.165) is 12.1 Å². The zero-order valence-electron chi connectivity index (χ0n) is 13.9. The highest BCUT2D eigenvalue weighted by molar-refractivity contribution is 7.98. The monoisotopic (exact) mass is 396 g/mol. The molecule has 6 nitrogen and oxygen atoms in total. The average Bonchev–Trinajstić information content (AvgIpc) is 3.27. The van der Waals surface area contributed by atoms with Gasteiger partial charge >= 0.3 is 6.18 Å². The van der Waals surface area contributed by atoms with Crippen molar-refractivity contribution in [3.05, 3.63) is 53.8 Å². The molecule has 10 heteroatoms. The molecular weight excluding hydrogens is 381 g/mol. The molecule has 2 aromatic heterocycles. The summed E-state index contributed by atoms with van der Waals surface area (Å²) in [5.74, 6) is 0.877. The number of hydrogen-bond donors (Lipinski definition) is 1. The molecule has 3 rings (SSSR count). The van der Waals surface area contributed by atoms with Crippen molar-refractivity contribution < 1.29 is 22.4 Å². The van der Waals surface area contributed by atoms with Gasteiger partial charge in [-0.25, -0.2) is 0 Å². The van der Waals surface area contributed by atoms with E-state index in [1.807, 2.05) is 0 Å². The summed E-state index contributed by atoms with van der Waals surface area (Å²) in [4.78, 5) is 11.1. The Morgan fingerprint density at radius 2 is 1.93 bits per heavy atom. The second-order valence-corrected chi connectivity index (χ2v) is 6.58. The van der Waals surface area contributed by atoms with E-state index in [1.54, 1.807) is 16.7 Å². The van der Waals surface area contributed by atoms with Crippen molar-refractivity contribution in [2.75, 3.05) is 0 Å². The lowest BCUT2D eigenvalue weighted by Gasteiger charge is -2.09. The molecule has 0 bridgehead atoms. The number of rotatable bonds is 7. The maximum absolute atomic E-state index is 12.6. The molecule has 0 aliphatic rings. The zero-order valence-corrected chi connectivity index (χ0v) is 14.8. The van der Waals surface area contributed by atoms with Gasteiger partial charge in [0.1, 0.15) is 0 Å². The van der Waals surface area contributed by atoms with Crippen LogP contribution in [0.4, 0.5) is 13.2 Å². The number of halogens is 3. The molecule has 2 heterocycles. The normalized spacial score (nSPS) is 11.7. The number of primary amides is 1. The van der Waals surface area contributed by atoms with Crippen molar-refractivity contribution in [3.8, 4) is 11.6 Å². The molecule has 2 N–H and O–H groups in total. The quantitative estimate of drug-likeness (QED) is 0.615. The highest BCUT2D eigenvalue weighted by Crippen LogP contribution is 2.31. The number of benzene rings is 1. The zero-order chi connectivity index (χ0) is 19.4. The molecule has 3 aromatic rings. The standard InChI is InChI=1S/C17H15F3N4O2S/c18-17(19,20)12-5-3-11(4-6-12)10-27-16-23-22-15(13-2-1-9-26-13)24(16)8-7-14(21)25/h1-6,9H,7-8,10H2,(H2,21,25). The Bertz CT molecular complexity index is 905. The molecule has 0 saturated heterocycles. The molecule has 0 aliphatic carbocycles. The number of alkyl halides is 3. The summed E-state index contributed by atoms with van der Waals surface area (Å²) < 4.78 is 45.0. The third-order valence-electron chi connectivity index (χ3n) is 3.69. The fraction of sp³-hybridized carbons (Fsp3) is 0.235. The van der Waals surface area contributed by atoms with Gasteiger partial charge in [0, 0.05) is 18.7 Å². The van der Waals surface area contributed by atoms with Crippen molar-refractivity contribution >= 4 is 17.7 Å². The summed E-state index contributed by atoms with van der Waals surface area (Å²) in [6.45, 7) is 0.272. The summed E-state index contributed by atoms with van der Waals surface area (Å²) in [6.07, 6.45) is -2.77. The predicted molar refractivity (Wildman–Crippen MR) is 92.5 cm³/mol.